The molecule has 2 aromatic rings. The highest BCUT2D eigenvalue weighted by atomic mass is 32.1. The van der Waals surface area contributed by atoms with E-state index in [-0.39, 0.29) is 12.5 Å². The van der Waals surface area contributed by atoms with Crippen molar-refractivity contribution in [3.8, 4) is 5.75 Å². The summed E-state index contributed by atoms with van der Waals surface area (Å²) in [6, 6.07) is 5.76. The summed E-state index contributed by atoms with van der Waals surface area (Å²) in [6.45, 7) is 4.34. The number of aromatic nitrogens is 1. The van der Waals surface area contributed by atoms with Crippen molar-refractivity contribution >= 4 is 27.5 Å². The number of nitrogens with zero attached hydrogens (tertiary/aromatic N) is 2. The van der Waals surface area contributed by atoms with Gasteiger partial charge in [-0.1, -0.05) is 0 Å². The van der Waals surface area contributed by atoms with Gasteiger partial charge in [-0.15, -0.1) is 11.3 Å². The molecule has 1 saturated heterocycles. The predicted octanol–water partition coefficient (Wildman–Crippen LogP) is 0.776. The van der Waals surface area contributed by atoms with Gasteiger partial charge in [-0.2, -0.15) is 0 Å². The number of ether oxygens (including phenoxy) is 1. The molecule has 2 N–H and O–H groups in total. The largest absolute Gasteiger partial charge is 0.491 e. The number of aliphatic hydroxyl groups excluding tert-OH is 1. The zero-order valence-corrected chi connectivity index (χ0v) is 13.2. The molecule has 0 saturated carbocycles. The highest BCUT2D eigenvalue weighted by Gasteiger charge is 2.19. The molecule has 1 unspecified atom stereocenters. The van der Waals surface area contributed by atoms with Crippen LogP contribution in [0, 0.1) is 6.92 Å². The fourth-order valence-electron chi connectivity index (χ4n) is 2.50. The SMILES string of the molecule is Cc1nc2cc(OCC(O)CN3CCNC(=O)C3)ccc2s1. The van der Waals surface area contributed by atoms with Crippen molar-refractivity contribution in [1.82, 2.24) is 15.2 Å². The molecule has 118 valence electrons. The lowest BCUT2D eigenvalue weighted by Crippen LogP contribution is -2.50. The van der Waals surface area contributed by atoms with E-state index in [4.69, 9.17) is 4.74 Å². The van der Waals surface area contributed by atoms with Gasteiger partial charge in [0.15, 0.2) is 0 Å². The van der Waals surface area contributed by atoms with Crippen molar-refractivity contribution < 1.29 is 14.6 Å². The van der Waals surface area contributed by atoms with Gasteiger partial charge in [0.2, 0.25) is 5.91 Å². The third-order valence-electron chi connectivity index (χ3n) is 3.49. The number of thiazole rings is 1. The second-order valence-corrected chi connectivity index (χ2v) is 6.65. The summed E-state index contributed by atoms with van der Waals surface area (Å²) < 4.78 is 6.77. The molecule has 0 aliphatic carbocycles. The Morgan fingerprint density at radius 2 is 2.41 bits per heavy atom. The van der Waals surface area contributed by atoms with E-state index >= 15 is 0 Å². The molecule has 7 heteroatoms. The maximum absolute atomic E-state index is 11.3. The van der Waals surface area contributed by atoms with E-state index in [0.29, 0.717) is 25.4 Å². The minimum absolute atomic E-state index is 0.00345. The zero-order chi connectivity index (χ0) is 15.5. The van der Waals surface area contributed by atoms with Crippen LogP contribution in [0.25, 0.3) is 10.2 Å². The number of nitrogens with one attached hydrogen (secondary N) is 1. The number of piperazine rings is 1. The lowest BCUT2D eigenvalue weighted by molar-refractivity contribution is -0.124. The van der Waals surface area contributed by atoms with Crippen LogP contribution in [0.5, 0.6) is 5.75 Å². The Morgan fingerprint density at radius 1 is 1.55 bits per heavy atom. The summed E-state index contributed by atoms with van der Waals surface area (Å²) >= 11 is 1.65. The van der Waals surface area contributed by atoms with Crippen LogP contribution in [-0.2, 0) is 4.79 Å². The second-order valence-electron chi connectivity index (χ2n) is 5.41. The van der Waals surface area contributed by atoms with E-state index < -0.39 is 6.10 Å². The maximum Gasteiger partial charge on any atom is 0.234 e. The number of carbonyl (C=O) groups is 1. The molecule has 22 heavy (non-hydrogen) atoms. The number of amides is 1. The van der Waals surface area contributed by atoms with Crippen LogP contribution in [0.4, 0.5) is 0 Å². The Balaban J connectivity index is 1.52. The van der Waals surface area contributed by atoms with Gasteiger partial charge in [0, 0.05) is 25.7 Å². The molecule has 3 rings (SSSR count). The van der Waals surface area contributed by atoms with Gasteiger partial charge < -0.3 is 15.2 Å². The normalized spacial score (nSPS) is 17.5. The van der Waals surface area contributed by atoms with Crippen LogP contribution < -0.4 is 10.1 Å². The van der Waals surface area contributed by atoms with Gasteiger partial charge in [0.05, 0.1) is 21.8 Å². The first kappa shape index (κ1) is 15.2. The molecule has 1 aliphatic rings. The van der Waals surface area contributed by atoms with Crippen molar-refractivity contribution in [2.75, 3.05) is 32.8 Å². The molecular formula is C15H19N3O3S. The molecule has 0 bridgehead atoms. The number of hydrogen-bond donors (Lipinski definition) is 2. The summed E-state index contributed by atoms with van der Waals surface area (Å²) in [6.07, 6.45) is -0.626. The molecule has 1 aliphatic heterocycles. The monoisotopic (exact) mass is 321 g/mol. The van der Waals surface area contributed by atoms with Crippen molar-refractivity contribution in [3.63, 3.8) is 0 Å². The average Bonchev–Trinajstić information content (AvgIpc) is 2.84. The van der Waals surface area contributed by atoms with E-state index in [2.05, 4.69) is 10.3 Å². The van der Waals surface area contributed by atoms with Crippen LogP contribution in [0.15, 0.2) is 18.2 Å². The number of hydrogen-bond acceptors (Lipinski definition) is 6. The van der Waals surface area contributed by atoms with E-state index in [1.54, 1.807) is 11.3 Å². The lowest BCUT2D eigenvalue weighted by Gasteiger charge is -2.28. The lowest BCUT2D eigenvalue weighted by atomic mass is 10.3. The summed E-state index contributed by atoms with van der Waals surface area (Å²) in [5.41, 5.74) is 0.919. The van der Waals surface area contributed by atoms with Gasteiger partial charge >= 0.3 is 0 Å². The zero-order valence-electron chi connectivity index (χ0n) is 12.4. The van der Waals surface area contributed by atoms with E-state index in [0.717, 1.165) is 21.8 Å². The third kappa shape index (κ3) is 3.73. The molecule has 6 nitrogen and oxygen atoms in total. The fourth-order valence-corrected chi connectivity index (χ4v) is 3.31. The average molecular weight is 321 g/mol. The minimum Gasteiger partial charge on any atom is -0.491 e. The summed E-state index contributed by atoms with van der Waals surface area (Å²) in [5, 5.41) is 13.8. The van der Waals surface area contributed by atoms with Crippen LogP contribution in [-0.4, -0.2) is 59.8 Å². The van der Waals surface area contributed by atoms with Crippen molar-refractivity contribution in [3.05, 3.63) is 23.2 Å². The Bertz CT molecular complexity index is 673. The number of benzene rings is 1. The number of aliphatic hydroxyl groups is 1. The molecule has 1 atom stereocenters. The van der Waals surface area contributed by atoms with E-state index in [9.17, 15) is 9.90 Å². The number of aryl methyl sites for hydroxylation is 1. The first-order valence-corrected chi connectivity index (χ1v) is 8.09. The number of rotatable bonds is 5. The molecule has 2 heterocycles. The van der Waals surface area contributed by atoms with Crippen LogP contribution in [0.3, 0.4) is 0 Å². The Morgan fingerprint density at radius 3 is 3.23 bits per heavy atom. The molecular weight excluding hydrogens is 302 g/mol. The smallest absolute Gasteiger partial charge is 0.234 e. The third-order valence-corrected chi connectivity index (χ3v) is 4.45. The standard InChI is InChI=1S/C15H19N3O3S/c1-10-17-13-6-12(2-3-14(13)22-10)21-9-11(19)7-18-5-4-16-15(20)8-18/h2-3,6,11,19H,4-5,7-9H2,1H3,(H,16,20). The molecule has 0 radical (unpaired) electrons. The van der Waals surface area contributed by atoms with E-state index in [1.807, 2.05) is 30.0 Å². The summed E-state index contributed by atoms with van der Waals surface area (Å²) in [7, 11) is 0. The minimum atomic E-state index is -0.626. The molecule has 1 aromatic heterocycles. The van der Waals surface area contributed by atoms with Gasteiger partial charge in [-0.05, 0) is 19.1 Å². The molecule has 1 amide bonds. The van der Waals surface area contributed by atoms with E-state index in [1.165, 1.54) is 0 Å². The summed E-state index contributed by atoms with van der Waals surface area (Å²) in [5.74, 6) is 0.706. The summed E-state index contributed by atoms with van der Waals surface area (Å²) in [4.78, 5) is 17.6. The second kappa shape index (κ2) is 6.60. The van der Waals surface area contributed by atoms with Crippen molar-refractivity contribution in [2.45, 2.75) is 13.0 Å². The molecule has 0 spiro atoms. The van der Waals surface area contributed by atoms with Crippen LogP contribution in [0.2, 0.25) is 0 Å². The van der Waals surface area contributed by atoms with Gasteiger partial charge in [-0.3, -0.25) is 9.69 Å². The quantitative estimate of drug-likeness (QED) is 0.851. The fraction of sp³-hybridized carbons (Fsp3) is 0.467. The van der Waals surface area contributed by atoms with Gasteiger partial charge in [0.25, 0.3) is 0 Å². The Kier molecular flexibility index (Phi) is 4.56. The first-order valence-electron chi connectivity index (χ1n) is 7.27. The maximum atomic E-state index is 11.3. The molecule has 1 fully saturated rings. The predicted molar refractivity (Wildman–Crippen MR) is 85.3 cm³/mol. The highest BCUT2D eigenvalue weighted by molar-refractivity contribution is 7.18. The molecule has 1 aromatic carbocycles. The topological polar surface area (TPSA) is 74.7 Å². The number of carbonyl (C=O) groups excluding carboxylic acids is 1. The van der Waals surface area contributed by atoms with Gasteiger partial charge in [-0.25, -0.2) is 4.98 Å². The van der Waals surface area contributed by atoms with Gasteiger partial charge in [0.1, 0.15) is 18.5 Å². The number of β-amino-alcohol motifs (C(OH)–C–C–N with tert-alkyl or cyclic N) is 1. The first-order chi connectivity index (χ1) is 10.6. The Labute approximate surface area is 132 Å². The number of fused-ring (bicyclic) bond motifs is 1. The van der Waals surface area contributed by atoms with Crippen LogP contribution >= 0.6 is 11.3 Å². The Hall–Kier alpha value is -1.70. The van der Waals surface area contributed by atoms with Crippen LogP contribution in [0.1, 0.15) is 5.01 Å². The van der Waals surface area contributed by atoms with Crippen molar-refractivity contribution in [1.29, 1.82) is 0 Å². The highest BCUT2D eigenvalue weighted by Crippen LogP contribution is 2.25. The van der Waals surface area contributed by atoms with Crippen molar-refractivity contribution in [2.24, 2.45) is 0 Å².